The molecular weight excluding hydrogens is 336 g/mol. The van der Waals surface area contributed by atoms with Crippen molar-refractivity contribution < 1.29 is 9.59 Å². The summed E-state index contributed by atoms with van der Waals surface area (Å²) in [5.41, 5.74) is 6.86. The molecule has 1 aromatic rings. The number of nitrogens with two attached hydrogens (primary N) is 1. The van der Waals surface area contributed by atoms with Gasteiger partial charge >= 0.3 is 0 Å². The third-order valence-corrected chi connectivity index (χ3v) is 6.16. The van der Waals surface area contributed by atoms with Crippen LogP contribution in [0.5, 0.6) is 0 Å². The summed E-state index contributed by atoms with van der Waals surface area (Å²) in [6, 6.07) is 0.550. The van der Waals surface area contributed by atoms with E-state index in [1.54, 1.807) is 0 Å². The summed E-state index contributed by atoms with van der Waals surface area (Å²) in [7, 11) is 0. The molecule has 3 rings (SSSR count). The highest BCUT2D eigenvalue weighted by Crippen LogP contribution is 2.39. The van der Waals surface area contributed by atoms with Gasteiger partial charge in [0.15, 0.2) is 5.13 Å². The van der Waals surface area contributed by atoms with Crippen LogP contribution in [-0.4, -0.2) is 28.9 Å². The molecule has 4 N–H and O–H groups in total. The largest absolute Gasteiger partial charge is 0.352 e. The summed E-state index contributed by atoms with van der Waals surface area (Å²) in [5.74, 6) is 0.902. The lowest BCUT2D eigenvalue weighted by Gasteiger charge is -2.45. The summed E-state index contributed by atoms with van der Waals surface area (Å²) < 4.78 is 0. The van der Waals surface area contributed by atoms with Crippen LogP contribution in [0.25, 0.3) is 0 Å². The maximum Gasteiger partial charge on any atom is 0.228 e. The van der Waals surface area contributed by atoms with Crippen LogP contribution in [0.3, 0.4) is 0 Å². The second-order valence-electron chi connectivity index (χ2n) is 7.74. The Bertz CT molecular complexity index is 616. The Morgan fingerprint density at radius 3 is 2.64 bits per heavy atom. The number of fused-ring (bicyclic) bond motifs is 2. The van der Waals surface area contributed by atoms with Gasteiger partial charge in [0, 0.05) is 23.4 Å². The van der Waals surface area contributed by atoms with E-state index in [4.69, 9.17) is 5.73 Å². The molecule has 0 saturated heterocycles. The van der Waals surface area contributed by atoms with Gasteiger partial charge in [-0.05, 0) is 37.5 Å². The zero-order valence-electron chi connectivity index (χ0n) is 15.0. The molecule has 2 aliphatic rings. The second kappa shape index (κ2) is 7.83. The molecule has 7 heteroatoms. The van der Waals surface area contributed by atoms with Crippen molar-refractivity contribution in [2.24, 2.45) is 23.5 Å². The summed E-state index contributed by atoms with van der Waals surface area (Å²) in [6.07, 6.45) is 5.87. The Labute approximate surface area is 153 Å². The van der Waals surface area contributed by atoms with Crippen LogP contribution in [-0.2, 0) is 16.0 Å². The van der Waals surface area contributed by atoms with Gasteiger partial charge in [0.2, 0.25) is 11.8 Å². The van der Waals surface area contributed by atoms with E-state index in [0.717, 1.165) is 25.7 Å². The van der Waals surface area contributed by atoms with E-state index >= 15 is 0 Å². The normalized spacial score (nSPS) is 28.6. The molecule has 6 nitrogen and oxygen atoms in total. The van der Waals surface area contributed by atoms with Gasteiger partial charge in [0.25, 0.3) is 0 Å². The van der Waals surface area contributed by atoms with Gasteiger partial charge < -0.3 is 16.4 Å². The number of aromatic nitrogens is 1. The van der Waals surface area contributed by atoms with Crippen LogP contribution in [0.2, 0.25) is 0 Å². The van der Waals surface area contributed by atoms with E-state index in [1.807, 2.05) is 19.2 Å². The van der Waals surface area contributed by atoms with Crippen molar-refractivity contribution in [1.29, 1.82) is 0 Å². The first-order valence-corrected chi connectivity index (χ1v) is 10.1. The molecule has 0 aromatic carbocycles. The summed E-state index contributed by atoms with van der Waals surface area (Å²) in [6.45, 7) is 3.68. The molecule has 2 atom stereocenters. The Kier molecular flexibility index (Phi) is 5.74. The number of nitrogens with zero attached hydrogens (tertiary/aromatic N) is 1. The zero-order valence-corrected chi connectivity index (χ0v) is 15.8. The van der Waals surface area contributed by atoms with Crippen molar-refractivity contribution in [1.82, 2.24) is 10.3 Å². The van der Waals surface area contributed by atoms with E-state index in [1.165, 1.54) is 17.8 Å². The Balaban J connectivity index is 1.54. The average Bonchev–Trinajstić information content (AvgIpc) is 2.95. The number of hydrogen-bond donors (Lipinski definition) is 3. The van der Waals surface area contributed by atoms with Gasteiger partial charge in [0.05, 0.1) is 12.1 Å². The van der Waals surface area contributed by atoms with Crippen molar-refractivity contribution >= 4 is 28.3 Å². The lowest BCUT2D eigenvalue weighted by molar-refractivity contribution is -0.122. The predicted molar refractivity (Wildman–Crippen MR) is 99.3 cm³/mol. The minimum Gasteiger partial charge on any atom is -0.352 e. The maximum atomic E-state index is 12.5. The molecule has 2 fully saturated rings. The van der Waals surface area contributed by atoms with Crippen molar-refractivity contribution in [3.8, 4) is 0 Å². The second-order valence-corrected chi connectivity index (χ2v) is 8.60. The van der Waals surface area contributed by atoms with Crippen LogP contribution < -0.4 is 16.4 Å². The van der Waals surface area contributed by atoms with E-state index in [9.17, 15) is 9.59 Å². The number of amides is 2. The van der Waals surface area contributed by atoms with Crippen molar-refractivity contribution in [2.45, 2.75) is 64.5 Å². The molecule has 2 saturated carbocycles. The standard InChI is InChI=1S/C18H28N4O2S/c1-10(2)17(24)22-18-20-14(9-25-18)8-15(23)21-16-11-4-3-5-12(16)7-13(19)6-11/h9-13,16H,3-8,19H2,1-2H3,(H,21,23)(H,20,22,24). The van der Waals surface area contributed by atoms with Crippen LogP contribution in [0.4, 0.5) is 5.13 Å². The Morgan fingerprint density at radius 1 is 1.32 bits per heavy atom. The van der Waals surface area contributed by atoms with Gasteiger partial charge in [-0.25, -0.2) is 4.98 Å². The number of carbonyl (C=O) groups is 2. The van der Waals surface area contributed by atoms with Crippen molar-refractivity contribution in [2.75, 3.05) is 5.32 Å². The SMILES string of the molecule is CC(C)C(=O)Nc1nc(CC(=O)NC2C3CCCC2CC(N)C3)cs1. The molecule has 2 unspecified atom stereocenters. The Hall–Kier alpha value is -1.47. The molecule has 2 bridgehead atoms. The van der Waals surface area contributed by atoms with Gasteiger partial charge in [-0.1, -0.05) is 20.3 Å². The van der Waals surface area contributed by atoms with Crippen molar-refractivity contribution in [3.63, 3.8) is 0 Å². The molecule has 0 radical (unpaired) electrons. The third kappa shape index (κ3) is 4.58. The fraction of sp³-hybridized carbons (Fsp3) is 0.722. The van der Waals surface area contributed by atoms with Crippen LogP contribution in [0.1, 0.15) is 51.6 Å². The quantitative estimate of drug-likeness (QED) is 0.747. The lowest BCUT2D eigenvalue weighted by Crippen LogP contribution is -2.54. The fourth-order valence-corrected chi connectivity index (χ4v) is 4.83. The fourth-order valence-electron chi connectivity index (χ4n) is 4.12. The molecule has 0 spiro atoms. The number of anilines is 1. The highest BCUT2D eigenvalue weighted by atomic mass is 32.1. The number of nitrogens with one attached hydrogen (secondary N) is 2. The van der Waals surface area contributed by atoms with E-state index in [-0.39, 0.29) is 36.2 Å². The topological polar surface area (TPSA) is 97.1 Å². The average molecular weight is 365 g/mol. The predicted octanol–water partition coefficient (Wildman–Crippen LogP) is 2.30. The zero-order chi connectivity index (χ0) is 18.0. The molecule has 2 amide bonds. The maximum absolute atomic E-state index is 12.5. The van der Waals surface area contributed by atoms with Gasteiger partial charge in [-0.15, -0.1) is 11.3 Å². The highest BCUT2D eigenvalue weighted by Gasteiger charge is 2.39. The molecule has 0 aliphatic heterocycles. The molecule has 1 aromatic heterocycles. The molecule has 25 heavy (non-hydrogen) atoms. The smallest absolute Gasteiger partial charge is 0.228 e. The summed E-state index contributed by atoms with van der Waals surface area (Å²) in [4.78, 5) is 28.5. The number of rotatable bonds is 5. The minimum absolute atomic E-state index is 0.0180. The monoisotopic (exact) mass is 364 g/mol. The van der Waals surface area contributed by atoms with Crippen LogP contribution in [0.15, 0.2) is 5.38 Å². The number of thiazole rings is 1. The first-order chi connectivity index (χ1) is 11.9. The molecule has 1 heterocycles. The first-order valence-electron chi connectivity index (χ1n) is 9.22. The van der Waals surface area contributed by atoms with Crippen LogP contribution in [0, 0.1) is 17.8 Å². The minimum atomic E-state index is -0.0901. The molecule has 2 aliphatic carbocycles. The highest BCUT2D eigenvalue weighted by molar-refractivity contribution is 7.13. The van der Waals surface area contributed by atoms with Gasteiger partial charge in [-0.3, -0.25) is 9.59 Å². The van der Waals surface area contributed by atoms with E-state index in [0.29, 0.717) is 22.7 Å². The van der Waals surface area contributed by atoms with Crippen molar-refractivity contribution in [3.05, 3.63) is 11.1 Å². The van der Waals surface area contributed by atoms with Crippen LogP contribution >= 0.6 is 11.3 Å². The third-order valence-electron chi connectivity index (χ3n) is 5.35. The summed E-state index contributed by atoms with van der Waals surface area (Å²) >= 11 is 1.36. The molecular formula is C18H28N4O2S. The molecule has 138 valence electrons. The lowest BCUT2D eigenvalue weighted by atomic mass is 9.67. The van der Waals surface area contributed by atoms with E-state index < -0.39 is 0 Å². The van der Waals surface area contributed by atoms with Gasteiger partial charge in [-0.2, -0.15) is 0 Å². The Morgan fingerprint density at radius 2 is 2.00 bits per heavy atom. The van der Waals surface area contributed by atoms with E-state index in [2.05, 4.69) is 15.6 Å². The number of hydrogen-bond acceptors (Lipinski definition) is 5. The number of carbonyl (C=O) groups excluding carboxylic acids is 2. The summed E-state index contributed by atoms with van der Waals surface area (Å²) in [5, 5.41) is 8.42. The van der Waals surface area contributed by atoms with Gasteiger partial charge in [0.1, 0.15) is 0 Å². The first kappa shape index (κ1) is 18.3.